The fraction of sp³-hybridized carbons (Fsp3) is 0.238. The zero-order valence-electron chi connectivity index (χ0n) is 14.4. The highest BCUT2D eigenvalue weighted by atomic mass is 79.9. The Kier molecular flexibility index (Phi) is 4.89. The number of rotatable bonds is 4. The van der Waals surface area contributed by atoms with Gasteiger partial charge >= 0.3 is 0 Å². The van der Waals surface area contributed by atoms with Gasteiger partial charge in [0, 0.05) is 15.7 Å². The first-order valence-electron chi connectivity index (χ1n) is 8.86. The van der Waals surface area contributed by atoms with E-state index in [-0.39, 0.29) is 11.9 Å². The molecule has 1 aliphatic carbocycles. The maximum Gasteiger partial charge on any atom is 0.252 e. The lowest BCUT2D eigenvalue weighted by atomic mass is 9.92. The molecule has 4 rings (SSSR count). The highest BCUT2D eigenvalue weighted by molar-refractivity contribution is 9.10. The third-order valence-electron chi connectivity index (χ3n) is 4.86. The van der Waals surface area contributed by atoms with Crippen molar-refractivity contribution < 1.29 is 4.79 Å². The van der Waals surface area contributed by atoms with Crippen LogP contribution in [0, 0.1) is 0 Å². The summed E-state index contributed by atoms with van der Waals surface area (Å²) in [6, 6.07) is 17.9. The largest absolute Gasteiger partial charge is 0.345 e. The summed E-state index contributed by atoms with van der Waals surface area (Å²) in [6.45, 7) is 0.765. The van der Waals surface area contributed by atoms with Crippen LogP contribution < -0.4 is 5.32 Å². The van der Waals surface area contributed by atoms with Crippen LogP contribution in [0.25, 0.3) is 0 Å². The average molecular weight is 410 g/mol. The highest BCUT2D eigenvalue weighted by Gasteiger charge is 2.26. The van der Waals surface area contributed by atoms with Gasteiger partial charge in [-0.25, -0.2) is 0 Å². The summed E-state index contributed by atoms with van der Waals surface area (Å²) >= 11 is 3.46. The average Bonchev–Trinajstić information content (AvgIpc) is 3.07. The van der Waals surface area contributed by atoms with E-state index in [9.17, 15) is 4.79 Å². The Morgan fingerprint density at radius 1 is 1.15 bits per heavy atom. The van der Waals surface area contributed by atoms with Crippen molar-refractivity contribution >= 4 is 21.8 Å². The molecule has 3 aromatic rings. The zero-order chi connectivity index (χ0) is 17.9. The smallest absolute Gasteiger partial charge is 0.252 e. The van der Waals surface area contributed by atoms with Gasteiger partial charge < -0.3 is 5.32 Å². The van der Waals surface area contributed by atoms with Crippen molar-refractivity contribution in [2.24, 2.45) is 0 Å². The molecule has 0 radical (unpaired) electrons. The van der Waals surface area contributed by atoms with Crippen LogP contribution in [0.2, 0.25) is 0 Å². The van der Waals surface area contributed by atoms with Gasteiger partial charge in [-0.1, -0.05) is 42.5 Å². The van der Waals surface area contributed by atoms with Crippen molar-refractivity contribution in [2.75, 3.05) is 0 Å². The summed E-state index contributed by atoms with van der Waals surface area (Å²) in [5.74, 6) is -0.0499. The number of carbonyl (C=O) groups excluding carboxylic acids is 1. The predicted octanol–water partition coefficient (Wildman–Crippen LogP) is 4.50. The molecule has 0 saturated heterocycles. The van der Waals surface area contributed by atoms with Crippen LogP contribution >= 0.6 is 15.9 Å². The van der Waals surface area contributed by atoms with Crippen LogP contribution in [0.5, 0.6) is 0 Å². The van der Waals surface area contributed by atoms with Gasteiger partial charge in [-0.3, -0.25) is 9.48 Å². The number of hydrogen-bond donors (Lipinski definition) is 1. The highest BCUT2D eigenvalue weighted by Crippen LogP contribution is 2.30. The molecule has 4 nitrogen and oxygen atoms in total. The second-order valence-corrected chi connectivity index (χ2v) is 7.44. The molecule has 1 aromatic heterocycles. The summed E-state index contributed by atoms with van der Waals surface area (Å²) in [4.78, 5) is 12.7. The molecule has 0 saturated carbocycles. The van der Waals surface area contributed by atoms with Crippen molar-refractivity contribution in [3.8, 4) is 0 Å². The van der Waals surface area contributed by atoms with E-state index in [2.05, 4.69) is 43.2 Å². The normalized spacial score (nSPS) is 16.1. The lowest BCUT2D eigenvalue weighted by Crippen LogP contribution is -2.31. The summed E-state index contributed by atoms with van der Waals surface area (Å²) < 4.78 is 2.88. The topological polar surface area (TPSA) is 46.9 Å². The minimum absolute atomic E-state index is 0.0166. The number of benzene rings is 2. The Balaban J connectivity index is 1.55. The summed E-state index contributed by atoms with van der Waals surface area (Å²) in [6.07, 6.45) is 4.92. The Morgan fingerprint density at radius 2 is 1.92 bits per heavy atom. The first-order chi connectivity index (χ1) is 12.7. The SMILES string of the molecule is O=C(N[C@H]1CCCc2c1cnn2Cc1ccccc1)c1ccccc1Br. The van der Waals surface area contributed by atoms with E-state index in [1.165, 1.54) is 11.3 Å². The first-order valence-corrected chi connectivity index (χ1v) is 9.65. The zero-order valence-corrected chi connectivity index (χ0v) is 15.9. The number of carbonyl (C=O) groups is 1. The Hall–Kier alpha value is -2.40. The molecular formula is C21H20BrN3O. The van der Waals surface area contributed by atoms with Gasteiger partial charge in [0.15, 0.2) is 0 Å². The summed E-state index contributed by atoms with van der Waals surface area (Å²) in [5, 5.41) is 7.78. The van der Waals surface area contributed by atoms with E-state index in [4.69, 9.17) is 0 Å². The summed E-state index contributed by atoms with van der Waals surface area (Å²) in [7, 11) is 0. The fourth-order valence-corrected chi connectivity index (χ4v) is 4.01. The number of nitrogens with one attached hydrogen (secondary N) is 1. The van der Waals surface area contributed by atoms with Crippen LogP contribution in [-0.4, -0.2) is 15.7 Å². The predicted molar refractivity (Wildman–Crippen MR) is 105 cm³/mol. The minimum Gasteiger partial charge on any atom is -0.345 e. The number of nitrogens with zero attached hydrogens (tertiary/aromatic N) is 2. The van der Waals surface area contributed by atoms with E-state index in [0.29, 0.717) is 5.56 Å². The summed E-state index contributed by atoms with van der Waals surface area (Å²) in [5.41, 5.74) is 4.28. The number of hydrogen-bond acceptors (Lipinski definition) is 2. The van der Waals surface area contributed by atoms with Crippen molar-refractivity contribution in [1.29, 1.82) is 0 Å². The number of amides is 1. The van der Waals surface area contributed by atoms with Crippen LogP contribution in [0.4, 0.5) is 0 Å². The van der Waals surface area contributed by atoms with E-state index in [0.717, 1.165) is 35.8 Å². The lowest BCUT2D eigenvalue weighted by Gasteiger charge is -2.24. The Bertz CT molecular complexity index is 920. The number of fused-ring (bicyclic) bond motifs is 1. The minimum atomic E-state index is -0.0499. The molecule has 1 heterocycles. The van der Waals surface area contributed by atoms with Crippen LogP contribution in [0.15, 0.2) is 65.3 Å². The van der Waals surface area contributed by atoms with E-state index < -0.39 is 0 Å². The molecule has 0 bridgehead atoms. The van der Waals surface area contributed by atoms with Gasteiger partial charge in [0.25, 0.3) is 5.91 Å². The maximum atomic E-state index is 12.7. The molecule has 1 N–H and O–H groups in total. The maximum absolute atomic E-state index is 12.7. The second-order valence-electron chi connectivity index (χ2n) is 6.59. The van der Waals surface area contributed by atoms with Gasteiger partial charge in [-0.05, 0) is 52.9 Å². The molecule has 132 valence electrons. The Labute approximate surface area is 161 Å². The van der Waals surface area contributed by atoms with Crippen LogP contribution in [0.3, 0.4) is 0 Å². The molecule has 26 heavy (non-hydrogen) atoms. The quantitative estimate of drug-likeness (QED) is 0.689. The van der Waals surface area contributed by atoms with Gasteiger partial charge in [-0.15, -0.1) is 0 Å². The van der Waals surface area contributed by atoms with Crippen molar-refractivity contribution in [1.82, 2.24) is 15.1 Å². The van der Waals surface area contributed by atoms with Gasteiger partial charge in [0.1, 0.15) is 0 Å². The van der Waals surface area contributed by atoms with Crippen molar-refractivity contribution in [2.45, 2.75) is 31.8 Å². The van der Waals surface area contributed by atoms with E-state index >= 15 is 0 Å². The van der Waals surface area contributed by atoms with Crippen LogP contribution in [-0.2, 0) is 13.0 Å². The monoisotopic (exact) mass is 409 g/mol. The molecule has 0 aliphatic heterocycles. The number of aromatic nitrogens is 2. The Morgan fingerprint density at radius 3 is 2.73 bits per heavy atom. The molecule has 1 amide bonds. The van der Waals surface area contributed by atoms with Gasteiger partial charge in [0.05, 0.1) is 24.3 Å². The van der Waals surface area contributed by atoms with Gasteiger partial charge in [-0.2, -0.15) is 5.10 Å². The van der Waals surface area contributed by atoms with Crippen molar-refractivity contribution in [3.05, 3.63) is 87.7 Å². The second kappa shape index (κ2) is 7.46. The molecule has 5 heteroatoms. The molecule has 1 atom stereocenters. The molecule has 0 spiro atoms. The molecule has 1 aliphatic rings. The standard InChI is InChI=1S/C21H20BrN3O/c22-18-10-5-4-9-16(18)21(26)24-19-11-6-12-20-17(19)13-23-25(20)14-15-7-2-1-3-8-15/h1-5,7-10,13,19H,6,11-12,14H2,(H,24,26)/t19-/m0/s1. The molecule has 2 aromatic carbocycles. The first kappa shape index (κ1) is 17.0. The molecule has 0 unspecified atom stereocenters. The molecular weight excluding hydrogens is 390 g/mol. The number of halogens is 1. The van der Waals surface area contributed by atoms with E-state index in [1.807, 2.05) is 48.7 Å². The van der Waals surface area contributed by atoms with E-state index in [1.54, 1.807) is 0 Å². The third kappa shape index (κ3) is 3.44. The third-order valence-corrected chi connectivity index (χ3v) is 5.55. The lowest BCUT2D eigenvalue weighted by molar-refractivity contribution is 0.0932. The van der Waals surface area contributed by atoms with Gasteiger partial charge in [0.2, 0.25) is 0 Å². The van der Waals surface area contributed by atoms with Crippen LogP contribution in [0.1, 0.15) is 46.1 Å². The molecule has 0 fully saturated rings. The van der Waals surface area contributed by atoms with Crippen molar-refractivity contribution in [3.63, 3.8) is 0 Å². The fourth-order valence-electron chi connectivity index (χ4n) is 3.54.